The second kappa shape index (κ2) is 11.7. The van der Waals surface area contributed by atoms with E-state index >= 15 is 0 Å². The highest BCUT2D eigenvalue weighted by Gasteiger charge is 2.33. The summed E-state index contributed by atoms with van der Waals surface area (Å²) in [4.78, 5) is 0. The minimum absolute atomic E-state index is 0.808. The van der Waals surface area contributed by atoms with Crippen LogP contribution in [0.5, 0.6) is 23.0 Å². The maximum absolute atomic E-state index is 7.32. The molecule has 4 aromatic rings. The molecule has 35 heavy (non-hydrogen) atoms. The van der Waals surface area contributed by atoms with Crippen LogP contribution in [0.25, 0.3) is 0 Å². The van der Waals surface area contributed by atoms with E-state index in [1.807, 2.05) is 72.8 Å². The molecule has 4 rings (SSSR count). The van der Waals surface area contributed by atoms with E-state index in [-0.39, 0.29) is 0 Å². The van der Waals surface area contributed by atoms with Crippen LogP contribution in [0.1, 0.15) is 0 Å². The van der Waals surface area contributed by atoms with Gasteiger partial charge < -0.3 is 23.1 Å². The first kappa shape index (κ1) is 24.6. The Morgan fingerprint density at radius 2 is 0.600 bits per heavy atom. The maximum Gasteiger partial charge on any atom is 0.236 e. The Labute approximate surface area is 210 Å². The lowest BCUT2D eigenvalue weighted by molar-refractivity contribution is 0.414. The van der Waals surface area contributed by atoms with Crippen LogP contribution in [-0.4, -0.2) is 46.5 Å². The average Bonchev–Trinajstić information content (AvgIpc) is 2.94. The molecule has 0 atom stereocenters. The number of para-hydroxylation sites is 4. The molecular formula is C28H30O5Si2. The SMILES string of the molecule is COc1ccccc1[SiH](O[SiH](c1ccccc1OC)c1ccccc1OC)c1ccccc1OC. The summed E-state index contributed by atoms with van der Waals surface area (Å²) in [6.45, 7) is 0. The van der Waals surface area contributed by atoms with Crippen LogP contribution in [0, 0.1) is 0 Å². The molecule has 0 bridgehead atoms. The number of benzene rings is 4. The van der Waals surface area contributed by atoms with Gasteiger partial charge in [0, 0.05) is 20.7 Å². The van der Waals surface area contributed by atoms with Gasteiger partial charge in [-0.3, -0.25) is 0 Å². The summed E-state index contributed by atoms with van der Waals surface area (Å²) in [5, 5.41) is 4.23. The monoisotopic (exact) mass is 502 g/mol. The van der Waals surface area contributed by atoms with Crippen molar-refractivity contribution in [3.05, 3.63) is 97.1 Å². The van der Waals surface area contributed by atoms with Crippen LogP contribution >= 0.6 is 0 Å². The Morgan fingerprint density at radius 1 is 0.371 bits per heavy atom. The number of ether oxygens (including phenoxy) is 4. The fourth-order valence-electron chi connectivity index (χ4n) is 4.30. The molecule has 0 aliphatic carbocycles. The predicted octanol–water partition coefficient (Wildman–Crippen LogP) is 2.11. The molecule has 5 nitrogen and oxygen atoms in total. The van der Waals surface area contributed by atoms with Crippen molar-refractivity contribution in [3.63, 3.8) is 0 Å². The maximum atomic E-state index is 7.32. The molecular weight excluding hydrogens is 472 g/mol. The van der Waals surface area contributed by atoms with E-state index in [9.17, 15) is 0 Å². The Balaban J connectivity index is 1.94. The lowest BCUT2D eigenvalue weighted by Crippen LogP contribution is -2.56. The van der Waals surface area contributed by atoms with E-state index in [0.29, 0.717) is 0 Å². The van der Waals surface area contributed by atoms with E-state index in [1.165, 1.54) is 0 Å². The van der Waals surface area contributed by atoms with Gasteiger partial charge in [-0.05, 0) is 24.3 Å². The summed E-state index contributed by atoms with van der Waals surface area (Å²) in [7, 11) is 2.14. The number of rotatable bonds is 10. The average molecular weight is 503 g/mol. The van der Waals surface area contributed by atoms with Crippen LogP contribution in [0.4, 0.5) is 0 Å². The van der Waals surface area contributed by atoms with Gasteiger partial charge in [-0.25, -0.2) is 0 Å². The molecule has 0 N–H and O–H groups in total. The third-order valence-corrected chi connectivity index (χ3v) is 12.3. The van der Waals surface area contributed by atoms with Crippen molar-refractivity contribution < 1.29 is 23.1 Å². The molecule has 0 heterocycles. The van der Waals surface area contributed by atoms with Gasteiger partial charge >= 0.3 is 0 Å². The molecule has 0 saturated heterocycles. The Bertz CT molecular complexity index is 1070. The van der Waals surface area contributed by atoms with Crippen molar-refractivity contribution in [2.75, 3.05) is 28.4 Å². The summed E-state index contributed by atoms with van der Waals surface area (Å²) in [6.07, 6.45) is 0. The van der Waals surface area contributed by atoms with Crippen molar-refractivity contribution in [2.24, 2.45) is 0 Å². The Hall–Kier alpha value is -3.53. The highest BCUT2D eigenvalue weighted by molar-refractivity contribution is 6.93. The van der Waals surface area contributed by atoms with Crippen molar-refractivity contribution in [1.29, 1.82) is 0 Å². The third-order valence-electron chi connectivity index (χ3n) is 5.96. The summed E-state index contributed by atoms with van der Waals surface area (Å²) in [5.41, 5.74) is 0. The molecule has 0 fully saturated rings. The van der Waals surface area contributed by atoms with Crippen molar-refractivity contribution in [1.82, 2.24) is 0 Å². The number of hydrogen-bond acceptors (Lipinski definition) is 5. The molecule has 0 aliphatic rings. The molecule has 0 spiro atoms. The summed E-state index contributed by atoms with van der Waals surface area (Å²) < 4.78 is 30.5. The quantitative estimate of drug-likeness (QED) is 0.311. The van der Waals surface area contributed by atoms with Crippen molar-refractivity contribution in [3.8, 4) is 23.0 Å². The summed E-state index contributed by atoms with van der Waals surface area (Å²) in [5.74, 6) is 3.23. The molecule has 0 unspecified atom stereocenters. The minimum atomic E-state index is -2.32. The Morgan fingerprint density at radius 3 is 0.829 bits per heavy atom. The topological polar surface area (TPSA) is 46.2 Å². The normalized spacial score (nSPS) is 10.9. The smallest absolute Gasteiger partial charge is 0.236 e. The molecule has 180 valence electrons. The lowest BCUT2D eigenvalue weighted by Gasteiger charge is -2.28. The third kappa shape index (κ3) is 5.27. The van der Waals surface area contributed by atoms with Gasteiger partial charge in [0.1, 0.15) is 23.0 Å². The highest BCUT2D eigenvalue weighted by atomic mass is 28.4. The van der Waals surface area contributed by atoms with Gasteiger partial charge in [0.15, 0.2) is 0 Å². The van der Waals surface area contributed by atoms with Crippen LogP contribution < -0.4 is 39.7 Å². The van der Waals surface area contributed by atoms with Gasteiger partial charge in [-0.15, -0.1) is 0 Å². The van der Waals surface area contributed by atoms with E-state index in [4.69, 9.17) is 23.1 Å². The van der Waals surface area contributed by atoms with Gasteiger partial charge in [0.2, 0.25) is 18.1 Å². The number of methoxy groups -OCH3 is 4. The second-order valence-corrected chi connectivity index (χ2v) is 13.0. The predicted molar refractivity (Wildman–Crippen MR) is 146 cm³/mol. The first-order valence-electron chi connectivity index (χ1n) is 11.4. The zero-order chi connectivity index (χ0) is 24.6. The Kier molecular flexibility index (Phi) is 8.25. The largest absolute Gasteiger partial charge is 0.497 e. The number of hydrogen-bond donors (Lipinski definition) is 0. The van der Waals surface area contributed by atoms with E-state index in [1.54, 1.807) is 28.4 Å². The van der Waals surface area contributed by atoms with E-state index < -0.39 is 18.1 Å². The lowest BCUT2D eigenvalue weighted by atomic mass is 10.3. The molecule has 7 heteroatoms. The summed E-state index contributed by atoms with van der Waals surface area (Å²) in [6, 6.07) is 32.3. The van der Waals surface area contributed by atoms with Crippen LogP contribution in [-0.2, 0) is 4.12 Å². The molecule has 0 amide bonds. The van der Waals surface area contributed by atoms with E-state index in [2.05, 4.69) is 24.3 Å². The van der Waals surface area contributed by atoms with E-state index in [0.717, 1.165) is 43.7 Å². The van der Waals surface area contributed by atoms with Crippen LogP contribution in [0.2, 0.25) is 0 Å². The first-order valence-corrected chi connectivity index (χ1v) is 14.6. The minimum Gasteiger partial charge on any atom is -0.497 e. The van der Waals surface area contributed by atoms with Gasteiger partial charge in [-0.2, -0.15) is 0 Å². The van der Waals surface area contributed by atoms with Crippen LogP contribution in [0.15, 0.2) is 97.1 Å². The summed E-state index contributed by atoms with van der Waals surface area (Å²) >= 11 is 0. The van der Waals surface area contributed by atoms with Crippen molar-refractivity contribution in [2.45, 2.75) is 0 Å². The fraction of sp³-hybridized carbons (Fsp3) is 0.143. The zero-order valence-electron chi connectivity index (χ0n) is 20.4. The molecule has 0 aromatic heterocycles. The first-order chi connectivity index (χ1) is 17.2. The molecule has 0 saturated carbocycles. The highest BCUT2D eigenvalue weighted by Crippen LogP contribution is 2.17. The van der Waals surface area contributed by atoms with Crippen molar-refractivity contribution >= 4 is 38.8 Å². The van der Waals surface area contributed by atoms with Gasteiger partial charge in [0.25, 0.3) is 0 Å². The zero-order valence-corrected chi connectivity index (χ0v) is 22.7. The fourth-order valence-corrected chi connectivity index (χ4v) is 11.4. The molecule has 0 aliphatic heterocycles. The second-order valence-electron chi connectivity index (χ2n) is 7.86. The van der Waals surface area contributed by atoms with Gasteiger partial charge in [0.05, 0.1) is 28.4 Å². The standard InChI is InChI=1S/C28H30O5Si2/c1-29-21-13-5-9-17-25(21)34(26-18-10-6-14-22(26)30-2)33-35(27-19-11-7-15-23(27)31-3)28-20-12-8-16-24(28)32-4/h5-20,34-35H,1-4H3. The molecule has 4 aromatic carbocycles. The van der Waals surface area contributed by atoms with Gasteiger partial charge in [-0.1, -0.05) is 72.8 Å². The molecule has 0 radical (unpaired) electrons. The van der Waals surface area contributed by atoms with Crippen LogP contribution in [0.3, 0.4) is 0 Å².